The first-order chi connectivity index (χ1) is 18.3. The molecule has 8 nitrogen and oxygen atoms in total. The predicted octanol–water partition coefficient (Wildman–Crippen LogP) is 3.91. The van der Waals surface area contributed by atoms with Gasteiger partial charge in [-0.25, -0.2) is 0 Å². The van der Waals surface area contributed by atoms with Gasteiger partial charge in [0.05, 0.1) is 28.8 Å². The number of benzene rings is 1. The molecule has 1 spiro atoms. The number of fused-ring (bicyclic) bond motifs is 1. The van der Waals surface area contributed by atoms with Crippen LogP contribution in [0.4, 0.5) is 5.69 Å². The van der Waals surface area contributed by atoms with Gasteiger partial charge in [0.2, 0.25) is 5.91 Å². The van der Waals surface area contributed by atoms with Crippen LogP contribution in [0.5, 0.6) is 0 Å². The Bertz CT molecular complexity index is 1090. The van der Waals surface area contributed by atoms with Crippen molar-refractivity contribution >= 4 is 35.1 Å². The number of hydrogen-bond donors (Lipinski definition) is 1. The molecule has 1 N–H and O–H groups in total. The van der Waals surface area contributed by atoms with E-state index in [9.17, 15) is 19.5 Å². The van der Waals surface area contributed by atoms with Crippen molar-refractivity contribution in [2.24, 2.45) is 11.8 Å². The molecule has 5 atom stereocenters. The lowest BCUT2D eigenvalue weighted by atomic mass is 9.65. The number of esters is 1. The molecule has 206 valence electrons. The van der Waals surface area contributed by atoms with Crippen LogP contribution in [0.2, 0.25) is 5.02 Å². The lowest BCUT2D eigenvalue weighted by Gasteiger charge is -2.37. The molecule has 0 aromatic heterocycles. The number of aliphatic hydroxyl groups excluding tert-OH is 1. The number of nitrogens with zero attached hydrogens (tertiary/aromatic N) is 2. The van der Waals surface area contributed by atoms with Crippen LogP contribution in [0.3, 0.4) is 0 Å². The lowest BCUT2D eigenvalue weighted by Crippen LogP contribution is -2.56. The zero-order chi connectivity index (χ0) is 27.5. The molecule has 1 aromatic rings. The molecule has 2 amide bonds. The number of aliphatic hydroxyl groups is 1. The van der Waals surface area contributed by atoms with E-state index in [0.29, 0.717) is 49.2 Å². The third kappa shape index (κ3) is 4.56. The van der Waals surface area contributed by atoms with Gasteiger partial charge in [0.25, 0.3) is 5.91 Å². The molecule has 2 bridgehead atoms. The molecule has 3 fully saturated rings. The Morgan fingerprint density at radius 3 is 2.68 bits per heavy atom. The number of para-hydroxylation sites is 1. The van der Waals surface area contributed by atoms with Gasteiger partial charge in [0.15, 0.2) is 0 Å². The number of carbonyl (C=O) groups excluding carboxylic acids is 3. The Morgan fingerprint density at radius 1 is 1.26 bits per heavy atom. The quantitative estimate of drug-likeness (QED) is 0.230. The first-order valence-corrected chi connectivity index (χ1v) is 13.8. The summed E-state index contributed by atoms with van der Waals surface area (Å²) in [5.74, 6) is -2.76. The second-order valence-corrected chi connectivity index (χ2v) is 10.6. The summed E-state index contributed by atoms with van der Waals surface area (Å²) in [6, 6.07) is 6.04. The minimum atomic E-state index is -1.18. The molecular formula is C29H37ClN2O6. The van der Waals surface area contributed by atoms with Gasteiger partial charge in [-0.05, 0) is 50.7 Å². The minimum Gasteiger partial charge on any atom is -0.465 e. The van der Waals surface area contributed by atoms with E-state index in [1.807, 2.05) is 6.92 Å². The first kappa shape index (κ1) is 28.3. The van der Waals surface area contributed by atoms with Crippen molar-refractivity contribution in [3.8, 4) is 0 Å². The highest BCUT2D eigenvalue weighted by molar-refractivity contribution is 6.34. The van der Waals surface area contributed by atoms with Crippen molar-refractivity contribution in [2.45, 2.75) is 62.7 Å². The number of carbonyl (C=O) groups is 3. The van der Waals surface area contributed by atoms with E-state index in [0.717, 1.165) is 0 Å². The van der Waals surface area contributed by atoms with Crippen molar-refractivity contribution < 1.29 is 29.0 Å². The number of allylic oxidation sites excluding steroid dienone is 1. The third-order valence-corrected chi connectivity index (χ3v) is 8.56. The number of halogens is 1. The fraction of sp³-hybridized carbons (Fsp3) is 0.552. The van der Waals surface area contributed by atoms with Gasteiger partial charge in [-0.3, -0.25) is 14.4 Å². The molecule has 2 unspecified atom stereocenters. The van der Waals surface area contributed by atoms with E-state index in [2.05, 4.69) is 13.2 Å². The molecule has 3 saturated heterocycles. The van der Waals surface area contributed by atoms with Gasteiger partial charge in [-0.15, -0.1) is 13.2 Å². The van der Waals surface area contributed by atoms with Crippen molar-refractivity contribution in [1.82, 2.24) is 4.90 Å². The molecule has 1 aromatic carbocycles. The number of unbranched alkanes of at least 4 members (excludes halogenated alkanes) is 1. The average molecular weight is 545 g/mol. The Labute approximate surface area is 229 Å². The third-order valence-electron chi connectivity index (χ3n) is 8.24. The molecular weight excluding hydrogens is 508 g/mol. The topological polar surface area (TPSA) is 96.4 Å². The Morgan fingerprint density at radius 2 is 2.03 bits per heavy atom. The lowest BCUT2D eigenvalue weighted by molar-refractivity contribution is -0.161. The second-order valence-electron chi connectivity index (χ2n) is 10.2. The summed E-state index contributed by atoms with van der Waals surface area (Å²) in [4.78, 5) is 45.0. The number of ether oxygens (including phenoxy) is 2. The van der Waals surface area contributed by atoms with Gasteiger partial charge in [0.1, 0.15) is 17.6 Å². The van der Waals surface area contributed by atoms with Crippen LogP contribution in [-0.2, 0) is 23.9 Å². The fourth-order valence-corrected chi connectivity index (χ4v) is 6.82. The van der Waals surface area contributed by atoms with Gasteiger partial charge < -0.3 is 24.4 Å². The van der Waals surface area contributed by atoms with E-state index in [4.69, 9.17) is 21.1 Å². The van der Waals surface area contributed by atoms with Crippen LogP contribution in [-0.4, -0.2) is 71.3 Å². The molecule has 0 aliphatic carbocycles. The maximum Gasteiger partial charge on any atom is 0.312 e. The number of rotatable bonds is 13. The zero-order valence-corrected chi connectivity index (χ0v) is 22.7. The SMILES string of the molecule is C=CCCCOC(=O)[C@@H]1[C@H]2C(=O)N(CCCO)C(C(=O)N(CC=C)c3ccccc3Cl)C23CC[C@@]1(CC)O3. The maximum atomic E-state index is 14.4. The van der Waals surface area contributed by atoms with E-state index in [1.165, 1.54) is 9.80 Å². The average Bonchev–Trinajstić information content (AvgIpc) is 3.52. The van der Waals surface area contributed by atoms with Crippen LogP contribution in [0, 0.1) is 11.8 Å². The fourth-order valence-electron chi connectivity index (χ4n) is 6.58. The van der Waals surface area contributed by atoms with Crippen LogP contribution < -0.4 is 4.90 Å². The summed E-state index contributed by atoms with van der Waals surface area (Å²) in [6.07, 6.45) is 6.55. The van der Waals surface area contributed by atoms with Crippen molar-refractivity contribution in [3.05, 3.63) is 54.6 Å². The largest absolute Gasteiger partial charge is 0.465 e. The first-order valence-electron chi connectivity index (χ1n) is 13.4. The molecule has 3 aliphatic rings. The van der Waals surface area contributed by atoms with Crippen molar-refractivity contribution in [1.29, 1.82) is 0 Å². The van der Waals surface area contributed by atoms with Crippen molar-refractivity contribution in [3.63, 3.8) is 0 Å². The highest BCUT2D eigenvalue weighted by Crippen LogP contribution is 2.64. The van der Waals surface area contributed by atoms with Crippen LogP contribution in [0.1, 0.15) is 45.4 Å². The summed E-state index contributed by atoms with van der Waals surface area (Å²) >= 11 is 6.48. The van der Waals surface area contributed by atoms with Crippen molar-refractivity contribution in [2.75, 3.05) is 31.2 Å². The summed E-state index contributed by atoms with van der Waals surface area (Å²) < 4.78 is 12.4. The molecule has 0 radical (unpaired) electrons. The molecule has 9 heteroatoms. The number of amides is 2. The van der Waals surface area contributed by atoms with E-state index >= 15 is 0 Å². The predicted molar refractivity (Wildman–Crippen MR) is 145 cm³/mol. The van der Waals surface area contributed by atoms with E-state index < -0.39 is 35.0 Å². The van der Waals surface area contributed by atoms with Gasteiger partial charge in [-0.2, -0.15) is 0 Å². The van der Waals surface area contributed by atoms with E-state index in [1.54, 1.807) is 36.4 Å². The number of likely N-dealkylation sites (tertiary alicyclic amines) is 1. The van der Waals surface area contributed by atoms with Crippen LogP contribution >= 0.6 is 11.6 Å². The van der Waals surface area contributed by atoms with Crippen LogP contribution in [0.15, 0.2) is 49.6 Å². The molecule has 4 rings (SSSR count). The van der Waals surface area contributed by atoms with Gasteiger partial charge >= 0.3 is 5.97 Å². The summed E-state index contributed by atoms with van der Waals surface area (Å²) in [6.45, 7) is 9.88. The normalized spacial score (nSPS) is 29.3. The molecule has 3 aliphatic heterocycles. The monoisotopic (exact) mass is 544 g/mol. The molecule has 38 heavy (non-hydrogen) atoms. The molecule has 3 heterocycles. The van der Waals surface area contributed by atoms with Gasteiger partial charge in [-0.1, -0.05) is 42.8 Å². The highest BCUT2D eigenvalue weighted by Gasteiger charge is 2.79. The standard InChI is InChI=1S/C29H37ClN2O6/c1-4-7-10-19-37-27(36)23-22-25(34)32(17-11-18-33)24(29(22)15-14-28(23,6-3)38-29)26(35)31(16-5-2)21-13-9-8-12-20(21)30/h4-5,8-9,12-13,22-24,33H,1-2,6-7,10-11,14-19H2,3H3/t22-,23-,24?,28+,29?/m0/s1. The summed E-state index contributed by atoms with van der Waals surface area (Å²) in [5.41, 5.74) is -1.54. The van der Waals surface area contributed by atoms with Crippen LogP contribution in [0.25, 0.3) is 0 Å². The Balaban J connectivity index is 1.75. The highest BCUT2D eigenvalue weighted by atomic mass is 35.5. The minimum absolute atomic E-state index is 0.141. The molecule has 0 saturated carbocycles. The number of hydrogen-bond acceptors (Lipinski definition) is 6. The summed E-state index contributed by atoms with van der Waals surface area (Å²) in [7, 11) is 0. The van der Waals surface area contributed by atoms with E-state index in [-0.39, 0.29) is 38.1 Å². The van der Waals surface area contributed by atoms with Gasteiger partial charge in [0, 0.05) is 19.7 Å². The maximum absolute atomic E-state index is 14.4. The summed E-state index contributed by atoms with van der Waals surface area (Å²) in [5, 5.41) is 9.96. The second kappa shape index (κ2) is 11.6. The Kier molecular flexibility index (Phi) is 8.65. The number of anilines is 1. The Hall–Kier alpha value is -2.68. The zero-order valence-electron chi connectivity index (χ0n) is 21.9. The smallest absolute Gasteiger partial charge is 0.312 e.